The van der Waals surface area contributed by atoms with Gasteiger partial charge in [-0.15, -0.1) is 0 Å². The van der Waals surface area contributed by atoms with Crippen molar-refractivity contribution in [1.29, 1.82) is 5.26 Å². The summed E-state index contributed by atoms with van der Waals surface area (Å²) in [5.74, 6) is 1.49. The molecule has 1 unspecified atom stereocenters. The third-order valence-electron chi connectivity index (χ3n) is 5.98. The molecule has 0 aromatic carbocycles. The fourth-order valence-electron chi connectivity index (χ4n) is 4.29. The summed E-state index contributed by atoms with van der Waals surface area (Å²) in [5, 5.41) is 19.6. The standard InChI is InChI=1S/C17H29NO/c1-13(2)17(10-5-11-17)16(19)9-4-7-14-6-3-8-15(14)12-18/h13-16,19H,3-11H2,1-2H3/t14-,15+,16?/m0/s1. The van der Waals surface area contributed by atoms with E-state index in [1.165, 1.54) is 32.1 Å². The molecule has 0 saturated heterocycles. The summed E-state index contributed by atoms with van der Waals surface area (Å²) in [6, 6.07) is 2.46. The quantitative estimate of drug-likeness (QED) is 0.777. The van der Waals surface area contributed by atoms with Gasteiger partial charge in [0.2, 0.25) is 0 Å². The maximum Gasteiger partial charge on any atom is 0.0658 e. The number of nitriles is 1. The molecule has 19 heavy (non-hydrogen) atoms. The lowest BCUT2D eigenvalue weighted by Crippen LogP contribution is -2.45. The van der Waals surface area contributed by atoms with Crippen LogP contribution in [0, 0.1) is 34.5 Å². The average molecular weight is 263 g/mol. The van der Waals surface area contributed by atoms with Crippen LogP contribution in [0.2, 0.25) is 0 Å². The van der Waals surface area contributed by atoms with E-state index >= 15 is 0 Å². The van der Waals surface area contributed by atoms with E-state index in [0.29, 0.717) is 17.8 Å². The van der Waals surface area contributed by atoms with Crippen LogP contribution in [0.15, 0.2) is 0 Å². The molecule has 2 aliphatic rings. The zero-order chi connectivity index (χ0) is 13.9. The van der Waals surface area contributed by atoms with Gasteiger partial charge in [-0.1, -0.05) is 33.1 Å². The Bertz CT molecular complexity index is 327. The molecule has 0 aromatic rings. The van der Waals surface area contributed by atoms with Crippen LogP contribution >= 0.6 is 0 Å². The maximum absolute atomic E-state index is 10.5. The first-order valence-electron chi connectivity index (χ1n) is 8.18. The molecule has 1 N–H and O–H groups in total. The van der Waals surface area contributed by atoms with E-state index in [9.17, 15) is 5.11 Å². The topological polar surface area (TPSA) is 44.0 Å². The Morgan fingerprint density at radius 2 is 2.00 bits per heavy atom. The first-order valence-corrected chi connectivity index (χ1v) is 8.18. The van der Waals surface area contributed by atoms with Crippen LogP contribution in [0.1, 0.15) is 71.6 Å². The number of hydrogen-bond donors (Lipinski definition) is 1. The van der Waals surface area contributed by atoms with Gasteiger partial charge in [-0.2, -0.15) is 5.26 Å². The number of rotatable bonds is 6. The Labute approximate surface area is 118 Å². The highest BCUT2D eigenvalue weighted by Crippen LogP contribution is 2.51. The highest BCUT2D eigenvalue weighted by molar-refractivity contribution is 4.96. The fraction of sp³-hybridized carbons (Fsp3) is 0.941. The monoisotopic (exact) mass is 263 g/mol. The third-order valence-corrected chi connectivity index (χ3v) is 5.98. The Kier molecular flexibility index (Phi) is 4.90. The van der Waals surface area contributed by atoms with Gasteiger partial charge in [0.25, 0.3) is 0 Å². The molecular weight excluding hydrogens is 234 g/mol. The molecule has 0 spiro atoms. The van der Waals surface area contributed by atoms with Crippen molar-refractivity contribution in [2.24, 2.45) is 23.2 Å². The summed E-state index contributed by atoms with van der Waals surface area (Å²) in [7, 11) is 0. The van der Waals surface area contributed by atoms with Gasteiger partial charge >= 0.3 is 0 Å². The second-order valence-electron chi connectivity index (χ2n) is 7.11. The van der Waals surface area contributed by atoms with Crippen LogP contribution in [-0.2, 0) is 0 Å². The number of aliphatic hydroxyl groups excluding tert-OH is 1. The van der Waals surface area contributed by atoms with Crippen LogP contribution < -0.4 is 0 Å². The normalized spacial score (nSPS) is 30.9. The zero-order valence-electron chi connectivity index (χ0n) is 12.6. The molecule has 0 radical (unpaired) electrons. The Morgan fingerprint density at radius 1 is 1.26 bits per heavy atom. The lowest BCUT2D eigenvalue weighted by atomic mass is 9.58. The molecule has 2 fully saturated rings. The van der Waals surface area contributed by atoms with Crippen molar-refractivity contribution in [2.45, 2.75) is 77.7 Å². The highest BCUT2D eigenvalue weighted by Gasteiger charge is 2.45. The van der Waals surface area contributed by atoms with Crippen LogP contribution in [0.25, 0.3) is 0 Å². The Balaban J connectivity index is 1.75. The molecule has 3 atom stereocenters. The van der Waals surface area contributed by atoms with E-state index in [0.717, 1.165) is 25.7 Å². The number of aliphatic hydroxyl groups is 1. The Hall–Kier alpha value is -0.550. The van der Waals surface area contributed by atoms with Crippen molar-refractivity contribution in [1.82, 2.24) is 0 Å². The molecule has 0 heterocycles. The van der Waals surface area contributed by atoms with E-state index in [1.807, 2.05) is 0 Å². The van der Waals surface area contributed by atoms with Crippen molar-refractivity contribution < 1.29 is 5.11 Å². The van der Waals surface area contributed by atoms with Gasteiger partial charge < -0.3 is 5.11 Å². The molecule has 0 bridgehead atoms. The SMILES string of the molecule is CC(C)C1(C(O)CCC[C@@H]2CCC[C@@H]2C#N)CCC1. The average Bonchev–Trinajstić information content (AvgIpc) is 2.74. The molecular formula is C17H29NO. The lowest BCUT2D eigenvalue weighted by Gasteiger charge is -2.49. The minimum Gasteiger partial charge on any atom is -0.393 e. The van der Waals surface area contributed by atoms with Crippen molar-refractivity contribution >= 4 is 0 Å². The summed E-state index contributed by atoms with van der Waals surface area (Å²) >= 11 is 0. The summed E-state index contributed by atoms with van der Waals surface area (Å²) in [5.41, 5.74) is 0.213. The first-order chi connectivity index (χ1) is 9.10. The third kappa shape index (κ3) is 2.97. The highest BCUT2D eigenvalue weighted by atomic mass is 16.3. The molecule has 0 aromatic heterocycles. The van der Waals surface area contributed by atoms with Crippen LogP contribution in [0.4, 0.5) is 0 Å². The van der Waals surface area contributed by atoms with Crippen molar-refractivity contribution in [3.63, 3.8) is 0 Å². The van der Waals surface area contributed by atoms with Crippen molar-refractivity contribution in [3.8, 4) is 6.07 Å². The Morgan fingerprint density at radius 3 is 2.53 bits per heavy atom. The van der Waals surface area contributed by atoms with Gasteiger partial charge in [-0.3, -0.25) is 0 Å². The van der Waals surface area contributed by atoms with E-state index in [-0.39, 0.29) is 11.5 Å². The fourth-order valence-corrected chi connectivity index (χ4v) is 4.29. The van der Waals surface area contributed by atoms with Crippen molar-refractivity contribution in [3.05, 3.63) is 0 Å². The molecule has 2 aliphatic carbocycles. The van der Waals surface area contributed by atoms with Gasteiger partial charge in [0, 0.05) is 5.92 Å². The molecule has 2 rings (SSSR count). The van der Waals surface area contributed by atoms with Gasteiger partial charge in [0.15, 0.2) is 0 Å². The largest absolute Gasteiger partial charge is 0.393 e. The van der Waals surface area contributed by atoms with Gasteiger partial charge in [-0.05, 0) is 55.8 Å². The molecule has 0 aliphatic heterocycles. The minimum absolute atomic E-state index is 0.122. The van der Waals surface area contributed by atoms with Crippen LogP contribution in [0.5, 0.6) is 0 Å². The van der Waals surface area contributed by atoms with Crippen LogP contribution in [0.3, 0.4) is 0 Å². The zero-order valence-corrected chi connectivity index (χ0v) is 12.6. The second-order valence-corrected chi connectivity index (χ2v) is 7.11. The summed E-state index contributed by atoms with van der Waals surface area (Å²) in [6.07, 6.45) is 10.3. The number of nitrogens with zero attached hydrogens (tertiary/aromatic N) is 1. The second kappa shape index (κ2) is 6.27. The predicted molar refractivity (Wildman–Crippen MR) is 77.4 cm³/mol. The van der Waals surface area contributed by atoms with E-state index in [1.54, 1.807) is 0 Å². The van der Waals surface area contributed by atoms with Gasteiger partial charge in [0.05, 0.1) is 12.2 Å². The molecule has 108 valence electrons. The van der Waals surface area contributed by atoms with Crippen molar-refractivity contribution in [2.75, 3.05) is 0 Å². The number of hydrogen-bond acceptors (Lipinski definition) is 2. The molecule has 2 heteroatoms. The van der Waals surface area contributed by atoms with Gasteiger partial charge in [0.1, 0.15) is 0 Å². The summed E-state index contributed by atoms with van der Waals surface area (Å²) < 4.78 is 0. The van der Waals surface area contributed by atoms with Crippen LogP contribution in [-0.4, -0.2) is 11.2 Å². The van der Waals surface area contributed by atoms with E-state index < -0.39 is 0 Å². The molecule has 2 saturated carbocycles. The summed E-state index contributed by atoms with van der Waals surface area (Å²) in [4.78, 5) is 0. The van der Waals surface area contributed by atoms with E-state index in [4.69, 9.17) is 5.26 Å². The molecule has 0 amide bonds. The molecule has 2 nitrogen and oxygen atoms in total. The minimum atomic E-state index is -0.122. The summed E-state index contributed by atoms with van der Waals surface area (Å²) in [6.45, 7) is 4.51. The van der Waals surface area contributed by atoms with Gasteiger partial charge in [-0.25, -0.2) is 0 Å². The van der Waals surface area contributed by atoms with E-state index in [2.05, 4.69) is 19.9 Å². The maximum atomic E-state index is 10.5. The lowest BCUT2D eigenvalue weighted by molar-refractivity contribution is -0.0741. The predicted octanol–water partition coefficient (Wildman–Crippen LogP) is 4.28. The smallest absolute Gasteiger partial charge is 0.0658 e. The first kappa shape index (κ1) is 14.9.